The van der Waals surface area contributed by atoms with Crippen molar-refractivity contribution in [2.45, 2.75) is 39.0 Å². The normalized spacial score (nSPS) is 18.4. The molecule has 1 aliphatic carbocycles. The molecule has 2 heteroatoms. The molecule has 1 fully saturated rings. The largest absolute Gasteiger partial charge is 0.508 e. The molecule has 0 aromatic heterocycles. The Labute approximate surface area is 104 Å². The van der Waals surface area contributed by atoms with Gasteiger partial charge in [-0.2, -0.15) is 0 Å². The number of hydrogen-bond donors (Lipinski definition) is 2. The smallest absolute Gasteiger partial charge is 0.115 e. The summed E-state index contributed by atoms with van der Waals surface area (Å²) in [5.74, 6) is 0.362. The van der Waals surface area contributed by atoms with Gasteiger partial charge in [-0.15, -0.1) is 0 Å². The van der Waals surface area contributed by atoms with E-state index in [4.69, 9.17) is 0 Å². The Kier molecular flexibility index (Phi) is 4.06. The summed E-state index contributed by atoms with van der Waals surface area (Å²) in [6, 6.07) is 7.71. The van der Waals surface area contributed by atoms with Crippen molar-refractivity contribution in [2.24, 2.45) is 5.41 Å². The first-order chi connectivity index (χ1) is 8.24. The van der Waals surface area contributed by atoms with Crippen LogP contribution in [-0.2, 0) is 6.42 Å². The van der Waals surface area contributed by atoms with Crippen LogP contribution in [0.2, 0.25) is 0 Å². The third kappa shape index (κ3) is 3.22. The first-order valence-corrected chi connectivity index (χ1v) is 6.73. The Balaban J connectivity index is 2.04. The maximum absolute atomic E-state index is 9.31. The molecule has 94 valence electrons. The van der Waals surface area contributed by atoms with Gasteiger partial charge in [-0.3, -0.25) is 0 Å². The van der Waals surface area contributed by atoms with E-state index in [1.807, 2.05) is 0 Å². The van der Waals surface area contributed by atoms with Crippen molar-refractivity contribution in [1.29, 1.82) is 0 Å². The van der Waals surface area contributed by atoms with E-state index in [0.717, 1.165) is 19.5 Å². The van der Waals surface area contributed by atoms with E-state index in [-0.39, 0.29) is 0 Å². The number of rotatable bonds is 5. The van der Waals surface area contributed by atoms with Gasteiger partial charge in [0, 0.05) is 6.54 Å². The van der Waals surface area contributed by atoms with Crippen LogP contribution >= 0.6 is 0 Å². The van der Waals surface area contributed by atoms with Crippen LogP contribution in [0.25, 0.3) is 0 Å². The van der Waals surface area contributed by atoms with Crippen molar-refractivity contribution in [3.63, 3.8) is 0 Å². The van der Waals surface area contributed by atoms with Gasteiger partial charge in [0.2, 0.25) is 0 Å². The van der Waals surface area contributed by atoms with Crippen molar-refractivity contribution < 1.29 is 5.11 Å². The summed E-state index contributed by atoms with van der Waals surface area (Å²) in [5, 5.41) is 12.8. The monoisotopic (exact) mass is 233 g/mol. The fourth-order valence-electron chi connectivity index (χ4n) is 2.98. The van der Waals surface area contributed by atoms with Gasteiger partial charge in [0.25, 0.3) is 0 Å². The second-order valence-electron chi connectivity index (χ2n) is 5.33. The topological polar surface area (TPSA) is 32.3 Å². The van der Waals surface area contributed by atoms with Crippen LogP contribution in [0.4, 0.5) is 0 Å². The second-order valence-corrected chi connectivity index (χ2v) is 5.33. The molecule has 1 aromatic rings. The van der Waals surface area contributed by atoms with Gasteiger partial charge in [-0.25, -0.2) is 0 Å². The van der Waals surface area contributed by atoms with Crippen LogP contribution in [0.5, 0.6) is 5.75 Å². The van der Waals surface area contributed by atoms with Gasteiger partial charge in [-0.05, 0) is 48.9 Å². The number of benzene rings is 1. The van der Waals surface area contributed by atoms with Gasteiger partial charge in [0.15, 0.2) is 0 Å². The molecule has 17 heavy (non-hydrogen) atoms. The van der Waals surface area contributed by atoms with Crippen LogP contribution in [0.1, 0.15) is 38.2 Å². The summed E-state index contributed by atoms with van der Waals surface area (Å²) < 4.78 is 0. The third-order valence-electron chi connectivity index (χ3n) is 3.93. The average Bonchev–Trinajstić information content (AvgIpc) is 2.79. The molecule has 0 radical (unpaired) electrons. The quantitative estimate of drug-likeness (QED) is 0.819. The molecule has 2 N–H and O–H groups in total. The molecule has 1 aliphatic rings. The van der Waals surface area contributed by atoms with Crippen LogP contribution in [0, 0.1) is 5.41 Å². The number of hydrogen-bond acceptors (Lipinski definition) is 2. The molecular formula is C15H23NO. The van der Waals surface area contributed by atoms with E-state index in [2.05, 4.69) is 24.4 Å². The van der Waals surface area contributed by atoms with Crippen LogP contribution < -0.4 is 5.32 Å². The van der Waals surface area contributed by atoms with Gasteiger partial charge in [0.1, 0.15) is 5.75 Å². The minimum atomic E-state index is 0.362. The molecule has 0 spiro atoms. The SMILES string of the molecule is CCNCC1(Cc2ccc(O)cc2)CCCC1. The van der Waals surface area contributed by atoms with Crippen LogP contribution in [0.3, 0.4) is 0 Å². The highest BCUT2D eigenvalue weighted by atomic mass is 16.3. The lowest BCUT2D eigenvalue weighted by Gasteiger charge is -2.29. The number of phenols is 1. The zero-order valence-corrected chi connectivity index (χ0v) is 10.7. The van der Waals surface area contributed by atoms with E-state index < -0.39 is 0 Å². The summed E-state index contributed by atoms with van der Waals surface area (Å²) >= 11 is 0. The number of aromatic hydroxyl groups is 1. The Morgan fingerprint density at radius 2 is 1.82 bits per heavy atom. The minimum absolute atomic E-state index is 0.362. The fourth-order valence-corrected chi connectivity index (χ4v) is 2.98. The molecule has 0 heterocycles. The molecule has 2 nitrogen and oxygen atoms in total. The van der Waals surface area contributed by atoms with Gasteiger partial charge in [0.05, 0.1) is 0 Å². The Hall–Kier alpha value is -1.02. The molecule has 0 aliphatic heterocycles. The van der Waals surface area contributed by atoms with E-state index in [0.29, 0.717) is 11.2 Å². The van der Waals surface area contributed by atoms with Gasteiger partial charge < -0.3 is 10.4 Å². The zero-order chi connectivity index (χ0) is 12.1. The lowest BCUT2D eigenvalue weighted by atomic mass is 9.80. The van der Waals surface area contributed by atoms with Gasteiger partial charge in [-0.1, -0.05) is 31.9 Å². The summed E-state index contributed by atoms with van der Waals surface area (Å²) in [6.45, 7) is 4.35. The van der Waals surface area contributed by atoms with E-state index in [9.17, 15) is 5.11 Å². The molecule has 1 saturated carbocycles. The van der Waals surface area contributed by atoms with Crippen LogP contribution in [-0.4, -0.2) is 18.2 Å². The van der Waals surface area contributed by atoms with Gasteiger partial charge >= 0.3 is 0 Å². The first-order valence-electron chi connectivity index (χ1n) is 6.73. The van der Waals surface area contributed by atoms with Crippen molar-refractivity contribution >= 4 is 0 Å². The molecule has 1 aromatic carbocycles. The molecule has 0 atom stereocenters. The lowest BCUT2D eigenvalue weighted by Crippen LogP contribution is -2.33. The summed E-state index contributed by atoms with van der Waals surface area (Å²) in [7, 11) is 0. The zero-order valence-electron chi connectivity index (χ0n) is 10.7. The van der Waals surface area contributed by atoms with E-state index in [1.165, 1.54) is 31.2 Å². The van der Waals surface area contributed by atoms with Crippen molar-refractivity contribution in [3.05, 3.63) is 29.8 Å². The summed E-state index contributed by atoms with van der Waals surface area (Å²) in [6.07, 6.45) is 6.54. The standard InChI is InChI=1S/C15H23NO/c1-2-16-12-15(9-3-4-10-15)11-13-5-7-14(17)8-6-13/h5-8,16-17H,2-4,9-12H2,1H3. The molecular weight excluding hydrogens is 210 g/mol. The van der Waals surface area contributed by atoms with Crippen LogP contribution in [0.15, 0.2) is 24.3 Å². The second kappa shape index (κ2) is 5.54. The molecule has 0 bridgehead atoms. The first kappa shape index (κ1) is 12.4. The maximum Gasteiger partial charge on any atom is 0.115 e. The highest BCUT2D eigenvalue weighted by Crippen LogP contribution is 2.40. The van der Waals surface area contributed by atoms with Crippen molar-refractivity contribution in [2.75, 3.05) is 13.1 Å². The minimum Gasteiger partial charge on any atom is -0.508 e. The number of phenolic OH excluding ortho intramolecular Hbond substituents is 1. The third-order valence-corrected chi connectivity index (χ3v) is 3.93. The predicted molar refractivity (Wildman–Crippen MR) is 71.3 cm³/mol. The predicted octanol–water partition coefficient (Wildman–Crippen LogP) is 3.10. The van der Waals surface area contributed by atoms with Crippen molar-refractivity contribution in [1.82, 2.24) is 5.32 Å². The Morgan fingerprint density at radius 3 is 2.41 bits per heavy atom. The molecule has 0 unspecified atom stereocenters. The van der Waals surface area contributed by atoms with E-state index in [1.54, 1.807) is 12.1 Å². The average molecular weight is 233 g/mol. The summed E-state index contributed by atoms with van der Waals surface area (Å²) in [4.78, 5) is 0. The van der Waals surface area contributed by atoms with Crippen molar-refractivity contribution in [3.8, 4) is 5.75 Å². The Morgan fingerprint density at radius 1 is 1.18 bits per heavy atom. The summed E-state index contributed by atoms with van der Waals surface area (Å²) in [5.41, 5.74) is 1.80. The highest BCUT2D eigenvalue weighted by Gasteiger charge is 2.33. The molecule has 0 amide bonds. The highest BCUT2D eigenvalue weighted by molar-refractivity contribution is 5.26. The number of nitrogens with one attached hydrogen (secondary N) is 1. The lowest BCUT2D eigenvalue weighted by molar-refractivity contribution is 0.280. The molecule has 0 saturated heterocycles. The maximum atomic E-state index is 9.31. The fraction of sp³-hybridized carbons (Fsp3) is 0.600. The Bertz CT molecular complexity index is 338. The van der Waals surface area contributed by atoms with E-state index >= 15 is 0 Å². The molecule has 2 rings (SSSR count).